The Bertz CT molecular complexity index is 841. The van der Waals surface area contributed by atoms with Crippen LogP contribution in [0, 0.1) is 0 Å². The fourth-order valence-corrected chi connectivity index (χ4v) is 2.88. The number of aryl methyl sites for hydroxylation is 1. The topological polar surface area (TPSA) is 69.2 Å². The van der Waals surface area contributed by atoms with E-state index >= 15 is 0 Å². The number of ether oxygens (including phenoxy) is 1. The highest BCUT2D eigenvalue weighted by Gasteiger charge is 2.15. The van der Waals surface area contributed by atoms with Crippen LogP contribution in [0.15, 0.2) is 36.8 Å². The minimum absolute atomic E-state index is 0.504. The summed E-state index contributed by atoms with van der Waals surface area (Å²) in [5.41, 5.74) is 9.11. The van der Waals surface area contributed by atoms with E-state index in [1.165, 1.54) is 6.33 Å². The van der Waals surface area contributed by atoms with Crippen molar-refractivity contribution in [2.75, 3.05) is 33.5 Å². The van der Waals surface area contributed by atoms with Crippen LogP contribution in [-0.4, -0.2) is 47.2 Å². The zero-order valence-electron chi connectivity index (χ0n) is 14.4. The average Bonchev–Trinajstić information content (AvgIpc) is 2.95. The first-order valence-corrected chi connectivity index (χ1v) is 7.98. The van der Waals surface area contributed by atoms with Gasteiger partial charge in [0.2, 0.25) is 0 Å². The largest absolute Gasteiger partial charge is 0.497 e. The number of hydrogen-bond acceptors (Lipinski definition) is 5. The molecule has 0 spiro atoms. The van der Waals surface area contributed by atoms with Gasteiger partial charge >= 0.3 is 0 Å². The SMILES string of the molecule is COc1cccc(-c2cn(CCCN(C)C)c3ncnc(N)c23)c1. The molecule has 24 heavy (non-hydrogen) atoms. The minimum atomic E-state index is 0.504. The third-order valence-corrected chi connectivity index (χ3v) is 4.07. The predicted octanol–water partition coefficient (Wildman–Crippen LogP) is 2.64. The van der Waals surface area contributed by atoms with Gasteiger partial charge in [-0.2, -0.15) is 0 Å². The Morgan fingerprint density at radius 3 is 2.83 bits per heavy atom. The molecule has 0 unspecified atom stereocenters. The molecule has 0 aliphatic heterocycles. The summed E-state index contributed by atoms with van der Waals surface area (Å²) >= 11 is 0. The van der Waals surface area contributed by atoms with Crippen LogP contribution in [0.1, 0.15) is 6.42 Å². The van der Waals surface area contributed by atoms with E-state index in [2.05, 4.69) is 39.7 Å². The average molecular weight is 325 g/mol. The maximum atomic E-state index is 6.15. The van der Waals surface area contributed by atoms with Crippen molar-refractivity contribution in [3.05, 3.63) is 36.8 Å². The lowest BCUT2D eigenvalue weighted by Gasteiger charge is -2.10. The summed E-state index contributed by atoms with van der Waals surface area (Å²) < 4.78 is 7.50. The third kappa shape index (κ3) is 3.19. The first-order chi connectivity index (χ1) is 11.6. The van der Waals surface area contributed by atoms with Crippen molar-refractivity contribution in [2.45, 2.75) is 13.0 Å². The zero-order valence-corrected chi connectivity index (χ0v) is 14.4. The second-order valence-corrected chi connectivity index (χ2v) is 6.08. The summed E-state index contributed by atoms with van der Waals surface area (Å²) in [6.07, 6.45) is 4.67. The summed E-state index contributed by atoms with van der Waals surface area (Å²) in [5.74, 6) is 1.32. The molecule has 2 aromatic heterocycles. The second-order valence-electron chi connectivity index (χ2n) is 6.08. The Kier molecular flexibility index (Phi) is 4.66. The van der Waals surface area contributed by atoms with Gasteiger partial charge in [0.25, 0.3) is 0 Å². The van der Waals surface area contributed by atoms with Gasteiger partial charge < -0.3 is 19.9 Å². The first kappa shape index (κ1) is 16.3. The van der Waals surface area contributed by atoms with Gasteiger partial charge in [0, 0.05) is 18.3 Å². The molecule has 0 saturated carbocycles. The summed E-state index contributed by atoms with van der Waals surface area (Å²) in [6, 6.07) is 7.96. The molecule has 0 bridgehead atoms. The number of fused-ring (bicyclic) bond motifs is 1. The van der Waals surface area contributed by atoms with Crippen LogP contribution >= 0.6 is 0 Å². The third-order valence-electron chi connectivity index (χ3n) is 4.07. The van der Waals surface area contributed by atoms with Crippen LogP contribution in [0.4, 0.5) is 5.82 Å². The number of nitrogen functional groups attached to an aromatic ring is 1. The Morgan fingerprint density at radius 2 is 2.08 bits per heavy atom. The number of benzene rings is 1. The van der Waals surface area contributed by atoms with E-state index in [0.717, 1.165) is 47.4 Å². The lowest BCUT2D eigenvalue weighted by atomic mass is 10.1. The highest BCUT2D eigenvalue weighted by atomic mass is 16.5. The summed E-state index contributed by atoms with van der Waals surface area (Å²) in [5, 5.41) is 0.899. The molecular formula is C18H23N5O. The molecule has 0 fully saturated rings. The Balaban J connectivity index is 2.07. The molecule has 126 valence electrons. The number of methoxy groups -OCH3 is 1. The van der Waals surface area contributed by atoms with E-state index in [-0.39, 0.29) is 0 Å². The predicted molar refractivity (Wildman–Crippen MR) is 97.1 cm³/mol. The first-order valence-electron chi connectivity index (χ1n) is 7.98. The monoisotopic (exact) mass is 325 g/mol. The van der Waals surface area contributed by atoms with Crippen molar-refractivity contribution >= 4 is 16.9 Å². The number of rotatable bonds is 6. The quantitative estimate of drug-likeness (QED) is 0.754. The second kappa shape index (κ2) is 6.88. The number of aromatic nitrogens is 3. The van der Waals surface area contributed by atoms with Crippen LogP contribution in [0.3, 0.4) is 0 Å². The smallest absolute Gasteiger partial charge is 0.146 e. The van der Waals surface area contributed by atoms with E-state index in [0.29, 0.717) is 5.82 Å². The van der Waals surface area contributed by atoms with Gasteiger partial charge in [-0.3, -0.25) is 0 Å². The molecule has 2 heterocycles. The summed E-state index contributed by atoms with van der Waals surface area (Å²) in [4.78, 5) is 10.8. The molecule has 1 aromatic carbocycles. The fraction of sp³-hybridized carbons (Fsp3) is 0.333. The summed E-state index contributed by atoms with van der Waals surface area (Å²) in [6.45, 7) is 1.91. The minimum Gasteiger partial charge on any atom is -0.497 e. The van der Waals surface area contributed by atoms with Crippen molar-refractivity contribution in [3.8, 4) is 16.9 Å². The lowest BCUT2D eigenvalue weighted by Crippen LogP contribution is -2.15. The number of hydrogen-bond donors (Lipinski definition) is 1. The van der Waals surface area contributed by atoms with Gasteiger partial charge in [0.1, 0.15) is 23.5 Å². The Hall–Kier alpha value is -2.60. The van der Waals surface area contributed by atoms with Crippen molar-refractivity contribution in [3.63, 3.8) is 0 Å². The maximum absolute atomic E-state index is 6.15. The molecule has 3 rings (SSSR count). The van der Waals surface area contributed by atoms with Gasteiger partial charge in [0.05, 0.1) is 12.5 Å². The molecule has 0 amide bonds. The van der Waals surface area contributed by atoms with Crippen molar-refractivity contribution < 1.29 is 4.74 Å². The molecule has 2 N–H and O–H groups in total. The molecule has 0 aliphatic carbocycles. The van der Waals surface area contributed by atoms with Gasteiger partial charge in [-0.25, -0.2) is 9.97 Å². The molecule has 6 nitrogen and oxygen atoms in total. The van der Waals surface area contributed by atoms with Crippen LogP contribution in [-0.2, 0) is 6.54 Å². The fourth-order valence-electron chi connectivity index (χ4n) is 2.88. The number of nitrogens with two attached hydrogens (primary N) is 1. The van der Waals surface area contributed by atoms with E-state index in [9.17, 15) is 0 Å². The van der Waals surface area contributed by atoms with Gasteiger partial charge in [-0.05, 0) is 44.8 Å². The molecule has 0 aliphatic rings. The number of anilines is 1. The van der Waals surface area contributed by atoms with Gasteiger partial charge in [-0.1, -0.05) is 12.1 Å². The zero-order chi connectivity index (χ0) is 17.1. The van der Waals surface area contributed by atoms with E-state index in [1.54, 1.807) is 7.11 Å². The molecular weight excluding hydrogens is 302 g/mol. The van der Waals surface area contributed by atoms with Crippen LogP contribution in [0.5, 0.6) is 5.75 Å². The van der Waals surface area contributed by atoms with Crippen LogP contribution in [0.25, 0.3) is 22.2 Å². The normalized spacial score (nSPS) is 11.3. The van der Waals surface area contributed by atoms with E-state index in [4.69, 9.17) is 10.5 Å². The Morgan fingerprint density at radius 1 is 1.25 bits per heavy atom. The molecule has 0 atom stereocenters. The van der Waals surface area contributed by atoms with Crippen molar-refractivity contribution in [1.82, 2.24) is 19.4 Å². The van der Waals surface area contributed by atoms with Crippen molar-refractivity contribution in [1.29, 1.82) is 0 Å². The van der Waals surface area contributed by atoms with Gasteiger partial charge in [-0.15, -0.1) is 0 Å². The Labute approximate surface area is 141 Å². The molecule has 3 aromatic rings. The van der Waals surface area contributed by atoms with Crippen LogP contribution in [0.2, 0.25) is 0 Å². The summed E-state index contributed by atoms with van der Waals surface area (Å²) in [7, 11) is 5.83. The standard InChI is InChI=1S/C18H23N5O/c1-22(2)8-5-9-23-11-15(13-6-4-7-14(10-13)24-3)16-17(19)20-12-21-18(16)23/h4,6-7,10-12H,5,8-9H2,1-3H3,(H2,19,20,21). The van der Waals surface area contributed by atoms with Crippen molar-refractivity contribution in [2.24, 2.45) is 0 Å². The lowest BCUT2D eigenvalue weighted by molar-refractivity contribution is 0.388. The molecule has 0 saturated heterocycles. The maximum Gasteiger partial charge on any atom is 0.146 e. The highest BCUT2D eigenvalue weighted by molar-refractivity contribution is 6.00. The van der Waals surface area contributed by atoms with Gasteiger partial charge in [0.15, 0.2) is 0 Å². The number of nitrogens with zero attached hydrogens (tertiary/aromatic N) is 4. The molecule has 6 heteroatoms. The van der Waals surface area contributed by atoms with Crippen LogP contribution < -0.4 is 10.5 Å². The molecule has 0 radical (unpaired) electrons. The van der Waals surface area contributed by atoms with E-state index < -0.39 is 0 Å². The highest BCUT2D eigenvalue weighted by Crippen LogP contribution is 2.34. The van der Waals surface area contributed by atoms with E-state index in [1.807, 2.05) is 24.3 Å².